The van der Waals surface area contributed by atoms with E-state index in [-0.39, 0.29) is 0 Å². The normalized spacial score (nSPS) is 38.5. The summed E-state index contributed by atoms with van der Waals surface area (Å²) in [4.78, 5) is 0. The molecule has 1 nitrogen and oxygen atoms in total. The zero-order chi connectivity index (χ0) is 8.70. The largest absolute Gasteiger partial charge is 0.324 e. The molecule has 0 amide bonds. The molecule has 2 heteroatoms. The summed E-state index contributed by atoms with van der Waals surface area (Å²) >= 11 is 2.10. The average molecular weight is 174 g/mol. The van der Waals surface area contributed by atoms with Crippen molar-refractivity contribution in [3.8, 4) is 0 Å². The minimum Gasteiger partial charge on any atom is -0.324 e. The summed E-state index contributed by atoms with van der Waals surface area (Å²) in [5.74, 6) is 1.34. The summed E-state index contributed by atoms with van der Waals surface area (Å²) < 4.78 is 1.12. The molecule has 1 aliphatic heterocycles. The summed E-state index contributed by atoms with van der Waals surface area (Å²) in [7, 11) is 6.96. The van der Waals surface area contributed by atoms with Gasteiger partial charge >= 0.3 is 0 Å². The van der Waals surface area contributed by atoms with Gasteiger partial charge in [-0.2, -0.15) is 0 Å². The second-order valence-electron chi connectivity index (χ2n) is 4.42. The lowest BCUT2D eigenvalue weighted by Gasteiger charge is -2.55. The van der Waals surface area contributed by atoms with E-state index in [0.717, 1.165) is 9.73 Å². The fourth-order valence-electron chi connectivity index (χ4n) is 2.05. The molecule has 1 aliphatic rings. The molecule has 1 heterocycles. The molecule has 0 spiro atoms. The van der Waals surface area contributed by atoms with Crippen LogP contribution >= 0.6 is 11.8 Å². The average Bonchev–Trinajstić information content (AvgIpc) is 1.84. The Balaban J connectivity index is 2.77. The maximum atomic E-state index is 2.36. The van der Waals surface area contributed by atoms with Gasteiger partial charge in [0.05, 0.1) is 32.1 Å². The molecular formula is C9H20NS+. The zero-order valence-electron chi connectivity index (χ0n) is 8.35. The van der Waals surface area contributed by atoms with E-state index in [0.29, 0.717) is 5.54 Å². The van der Waals surface area contributed by atoms with Crippen LogP contribution in [0.4, 0.5) is 0 Å². The maximum Gasteiger partial charge on any atom is 0.119 e. The number of hydrogen-bond donors (Lipinski definition) is 0. The van der Waals surface area contributed by atoms with Gasteiger partial charge in [0.15, 0.2) is 0 Å². The van der Waals surface area contributed by atoms with E-state index in [1.807, 2.05) is 0 Å². The highest BCUT2D eigenvalue weighted by Crippen LogP contribution is 2.46. The van der Waals surface area contributed by atoms with Crippen molar-refractivity contribution in [2.75, 3.05) is 26.9 Å². The Hall–Kier alpha value is 0.310. The minimum absolute atomic E-state index is 0.560. The van der Waals surface area contributed by atoms with E-state index in [2.05, 4.69) is 46.8 Å². The topological polar surface area (TPSA) is 0 Å². The highest BCUT2D eigenvalue weighted by molar-refractivity contribution is 8.01. The summed E-state index contributed by atoms with van der Waals surface area (Å²) in [5, 5.41) is 0.840. The van der Waals surface area contributed by atoms with Crippen LogP contribution < -0.4 is 0 Å². The van der Waals surface area contributed by atoms with E-state index in [1.165, 1.54) is 12.2 Å². The Morgan fingerprint density at radius 2 is 2.00 bits per heavy atom. The molecule has 1 rings (SSSR count). The molecule has 1 fully saturated rings. The molecule has 0 aromatic heterocycles. The predicted molar refractivity (Wildman–Crippen MR) is 53.0 cm³/mol. The lowest BCUT2D eigenvalue weighted by Crippen LogP contribution is -2.68. The minimum atomic E-state index is 0.560. The Morgan fingerprint density at radius 1 is 1.45 bits per heavy atom. The van der Waals surface area contributed by atoms with E-state index in [4.69, 9.17) is 0 Å². The van der Waals surface area contributed by atoms with Crippen molar-refractivity contribution < 1.29 is 4.48 Å². The van der Waals surface area contributed by atoms with Crippen LogP contribution in [-0.2, 0) is 0 Å². The SMILES string of the molecule is CCC1([N+](C)(C)C)CSC1C. The van der Waals surface area contributed by atoms with Crippen LogP contribution in [-0.4, -0.2) is 42.2 Å². The van der Waals surface area contributed by atoms with Crippen molar-refractivity contribution in [2.24, 2.45) is 0 Å². The molecule has 2 unspecified atom stereocenters. The first-order chi connectivity index (χ1) is 4.94. The van der Waals surface area contributed by atoms with E-state index < -0.39 is 0 Å². The summed E-state index contributed by atoms with van der Waals surface area (Å²) in [5.41, 5.74) is 0.560. The first-order valence-corrected chi connectivity index (χ1v) is 5.42. The first-order valence-electron chi connectivity index (χ1n) is 4.37. The molecular weight excluding hydrogens is 154 g/mol. The third kappa shape index (κ3) is 1.20. The highest BCUT2D eigenvalue weighted by Gasteiger charge is 2.53. The van der Waals surface area contributed by atoms with Crippen LogP contribution in [0.1, 0.15) is 20.3 Å². The molecule has 0 aliphatic carbocycles. The molecule has 1 saturated heterocycles. The monoisotopic (exact) mass is 174 g/mol. The lowest BCUT2D eigenvalue weighted by molar-refractivity contribution is -0.922. The molecule has 0 aromatic rings. The summed E-state index contributed by atoms with van der Waals surface area (Å²) in [6.45, 7) is 4.68. The Labute approximate surface area is 74.7 Å². The van der Waals surface area contributed by atoms with Crippen molar-refractivity contribution in [1.82, 2.24) is 0 Å². The molecule has 0 radical (unpaired) electrons. The van der Waals surface area contributed by atoms with Crippen molar-refractivity contribution in [1.29, 1.82) is 0 Å². The van der Waals surface area contributed by atoms with E-state index >= 15 is 0 Å². The van der Waals surface area contributed by atoms with Crippen molar-refractivity contribution >= 4 is 11.8 Å². The number of thioether (sulfide) groups is 1. The summed E-state index contributed by atoms with van der Waals surface area (Å²) in [6.07, 6.45) is 1.31. The van der Waals surface area contributed by atoms with Gasteiger partial charge in [0.25, 0.3) is 0 Å². The van der Waals surface area contributed by atoms with Crippen molar-refractivity contribution in [3.63, 3.8) is 0 Å². The number of hydrogen-bond acceptors (Lipinski definition) is 1. The van der Waals surface area contributed by atoms with Gasteiger partial charge < -0.3 is 4.48 Å². The summed E-state index contributed by atoms with van der Waals surface area (Å²) in [6, 6.07) is 0. The molecule has 0 N–H and O–H groups in total. The van der Waals surface area contributed by atoms with Gasteiger partial charge in [-0.3, -0.25) is 0 Å². The van der Waals surface area contributed by atoms with Crippen LogP contribution in [0.25, 0.3) is 0 Å². The van der Waals surface area contributed by atoms with Gasteiger partial charge in [0.1, 0.15) is 5.54 Å². The van der Waals surface area contributed by atoms with Crippen LogP contribution in [0, 0.1) is 0 Å². The predicted octanol–water partition coefficient (Wildman–Crippen LogP) is 1.98. The first kappa shape index (κ1) is 9.40. The lowest BCUT2D eigenvalue weighted by atomic mass is 9.90. The quantitative estimate of drug-likeness (QED) is 0.577. The fraction of sp³-hybridized carbons (Fsp3) is 1.00. The van der Waals surface area contributed by atoms with Crippen LogP contribution in [0.3, 0.4) is 0 Å². The maximum absolute atomic E-state index is 2.36. The van der Waals surface area contributed by atoms with Gasteiger partial charge in [0.2, 0.25) is 0 Å². The Morgan fingerprint density at radius 3 is 2.00 bits per heavy atom. The third-order valence-electron chi connectivity index (χ3n) is 3.29. The van der Waals surface area contributed by atoms with Gasteiger partial charge in [-0.15, -0.1) is 11.8 Å². The van der Waals surface area contributed by atoms with E-state index in [9.17, 15) is 0 Å². The number of nitrogens with zero attached hydrogens (tertiary/aromatic N) is 1. The third-order valence-corrected chi connectivity index (χ3v) is 4.89. The standard InChI is InChI=1S/C9H20NS/c1-6-9(10(3,4)5)7-11-8(9)2/h8H,6-7H2,1-5H3/q+1. The fourth-order valence-corrected chi connectivity index (χ4v) is 4.00. The Kier molecular flexibility index (Phi) is 2.28. The number of rotatable bonds is 2. The number of quaternary nitrogens is 1. The molecule has 0 aromatic carbocycles. The van der Waals surface area contributed by atoms with Crippen molar-refractivity contribution in [3.05, 3.63) is 0 Å². The van der Waals surface area contributed by atoms with Crippen LogP contribution in [0.2, 0.25) is 0 Å². The molecule has 11 heavy (non-hydrogen) atoms. The second kappa shape index (κ2) is 2.67. The second-order valence-corrected chi connectivity index (χ2v) is 5.75. The molecule has 0 bridgehead atoms. The van der Waals surface area contributed by atoms with Gasteiger partial charge in [0, 0.05) is 6.42 Å². The molecule has 2 atom stereocenters. The Bertz CT molecular complexity index is 146. The smallest absolute Gasteiger partial charge is 0.119 e. The van der Waals surface area contributed by atoms with Gasteiger partial charge in [-0.05, 0) is 6.92 Å². The highest BCUT2D eigenvalue weighted by atomic mass is 32.2. The van der Waals surface area contributed by atoms with E-state index in [1.54, 1.807) is 0 Å². The van der Waals surface area contributed by atoms with Gasteiger partial charge in [-0.1, -0.05) is 6.92 Å². The zero-order valence-corrected chi connectivity index (χ0v) is 9.16. The van der Waals surface area contributed by atoms with Crippen molar-refractivity contribution in [2.45, 2.75) is 31.1 Å². The van der Waals surface area contributed by atoms with Gasteiger partial charge in [-0.25, -0.2) is 0 Å². The van der Waals surface area contributed by atoms with Crippen LogP contribution in [0.15, 0.2) is 0 Å². The molecule has 0 saturated carbocycles. The molecule has 66 valence electrons. The van der Waals surface area contributed by atoms with Crippen LogP contribution in [0.5, 0.6) is 0 Å².